The molecule has 5 heteroatoms. The summed E-state index contributed by atoms with van der Waals surface area (Å²) in [6.07, 6.45) is 0. The van der Waals surface area contributed by atoms with Crippen LogP contribution < -0.4 is 5.32 Å². The Bertz CT molecular complexity index is 819. The first-order chi connectivity index (χ1) is 10.9. The van der Waals surface area contributed by atoms with Crippen LogP contribution in [0.15, 0.2) is 40.9 Å². The van der Waals surface area contributed by atoms with E-state index in [1.165, 1.54) is 0 Å². The molecular weight excluding hydrogens is 378 g/mol. The predicted octanol–water partition coefficient (Wildman–Crippen LogP) is 5.14. The van der Waals surface area contributed by atoms with Crippen LogP contribution in [0.4, 0.5) is 5.69 Å². The number of rotatable bonds is 3. The summed E-state index contributed by atoms with van der Waals surface area (Å²) in [5.41, 5.74) is 3.05. The van der Waals surface area contributed by atoms with Crippen molar-refractivity contribution in [2.24, 2.45) is 0 Å². The molecule has 23 heavy (non-hydrogen) atoms. The Balaban J connectivity index is 1.93. The fourth-order valence-corrected chi connectivity index (χ4v) is 3.65. The monoisotopic (exact) mass is 391 g/mol. The summed E-state index contributed by atoms with van der Waals surface area (Å²) in [6.45, 7) is 3.68. The molecule has 2 atom stereocenters. The van der Waals surface area contributed by atoms with Crippen molar-refractivity contribution in [3.8, 4) is 0 Å². The van der Waals surface area contributed by atoms with E-state index < -0.39 is 0 Å². The lowest BCUT2D eigenvalue weighted by atomic mass is 9.90. The van der Waals surface area contributed by atoms with Crippen molar-refractivity contribution in [3.63, 3.8) is 0 Å². The van der Waals surface area contributed by atoms with Gasteiger partial charge in [0.25, 0.3) is 0 Å². The highest BCUT2D eigenvalue weighted by atomic mass is 79.9. The normalized spacial score (nSPS) is 17.6. The minimum Gasteiger partial charge on any atom is -0.325 e. The van der Waals surface area contributed by atoms with Gasteiger partial charge in [0.15, 0.2) is 5.78 Å². The van der Waals surface area contributed by atoms with Crippen LogP contribution in [-0.4, -0.2) is 11.7 Å². The molecule has 0 saturated carbocycles. The smallest absolute Gasteiger partial charge is 0.231 e. The minimum atomic E-state index is -0.353. The average Bonchev–Trinajstić information content (AvgIpc) is 2.80. The quantitative estimate of drug-likeness (QED) is 0.735. The van der Waals surface area contributed by atoms with Crippen LogP contribution in [0.1, 0.15) is 47.2 Å². The van der Waals surface area contributed by atoms with E-state index in [1.54, 1.807) is 18.2 Å². The van der Waals surface area contributed by atoms with Gasteiger partial charge < -0.3 is 5.32 Å². The molecule has 1 aliphatic heterocycles. The molecule has 118 valence electrons. The number of carbonyl (C=O) groups is 2. The number of ketones is 1. The van der Waals surface area contributed by atoms with Crippen molar-refractivity contribution in [1.29, 1.82) is 0 Å². The summed E-state index contributed by atoms with van der Waals surface area (Å²) in [7, 11) is 0. The molecule has 0 spiro atoms. The summed E-state index contributed by atoms with van der Waals surface area (Å²) in [5, 5.41) is 3.37. The lowest BCUT2D eigenvalue weighted by Crippen LogP contribution is -2.11. The molecule has 1 aliphatic rings. The first-order valence-electron chi connectivity index (χ1n) is 7.32. The summed E-state index contributed by atoms with van der Waals surface area (Å²) in [6, 6.07) is 10.9. The van der Waals surface area contributed by atoms with Gasteiger partial charge in [-0.05, 0) is 48.4 Å². The molecule has 0 saturated heterocycles. The van der Waals surface area contributed by atoms with Gasteiger partial charge in [-0.15, -0.1) is 0 Å². The van der Waals surface area contributed by atoms with E-state index >= 15 is 0 Å². The van der Waals surface area contributed by atoms with Crippen LogP contribution >= 0.6 is 27.5 Å². The lowest BCUT2D eigenvalue weighted by Gasteiger charge is -2.14. The molecule has 0 aliphatic carbocycles. The maximum atomic E-state index is 12.8. The molecule has 0 radical (unpaired) electrons. The summed E-state index contributed by atoms with van der Waals surface area (Å²) >= 11 is 9.62. The molecule has 0 fully saturated rings. The van der Waals surface area contributed by atoms with Crippen molar-refractivity contribution in [1.82, 2.24) is 0 Å². The highest BCUT2D eigenvalue weighted by molar-refractivity contribution is 9.10. The van der Waals surface area contributed by atoms with Crippen LogP contribution in [0.2, 0.25) is 5.02 Å². The Hall–Kier alpha value is -1.65. The van der Waals surface area contributed by atoms with E-state index in [1.807, 2.05) is 32.0 Å². The largest absolute Gasteiger partial charge is 0.325 e. The molecule has 2 unspecified atom stereocenters. The fourth-order valence-electron chi connectivity index (χ4n) is 2.81. The summed E-state index contributed by atoms with van der Waals surface area (Å²) in [4.78, 5) is 24.5. The number of carbonyl (C=O) groups excluding carboxylic acids is 2. The highest BCUT2D eigenvalue weighted by Crippen LogP contribution is 2.35. The number of nitrogens with one attached hydrogen (secondary N) is 1. The Labute approximate surface area is 148 Å². The lowest BCUT2D eigenvalue weighted by molar-refractivity contribution is -0.116. The third-order valence-electron chi connectivity index (χ3n) is 4.28. The predicted molar refractivity (Wildman–Crippen MR) is 95.4 cm³/mol. The van der Waals surface area contributed by atoms with E-state index in [9.17, 15) is 9.59 Å². The Kier molecular flexibility index (Phi) is 4.30. The van der Waals surface area contributed by atoms with Gasteiger partial charge >= 0.3 is 0 Å². The first kappa shape index (κ1) is 16.2. The van der Waals surface area contributed by atoms with Crippen LogP contribution in [0.5, 0.6) is 0 Å². The van der Waals surface area contributed by atoms with Crippen molar-refractivity contribution in [2.45, 2.75) is 25.7 Å². The molecule has 3 nitrogen and oxygen atoms in total. The van der Waals surface area contributed by atoms with Crippen LogP contribution in [0.25, 0.3) is 0 Å². The zero-order chi connectivity index (χ0) is 16.7. The molecule has 1 heterocycles. The standard InChI is InChI=1S/C18H15BrClNO2/c1-9(13-5-4-12(19)8-15(13)20)17(22)11-3-6-16-14(7-11)10(2)18(23)21-16/h3-10H,1-2H3,(H,21,23). The topological polar surface area (TPSA) is 46.2 Å². The summed E-state index contributed by atoms with van der Waals surface area (Å²) in [5.74, 6) is -0.629. The zero-order valence-corrected chi connectivity index (χ0v) is 15.0. The Morgan fingerprint density at radius 1 is 1.26 bits per heavy atom. The van der Waals surface area contributed by atoms with Crippen LogP contribution in [0.3, 0.4) is 0 Å². The van der Waals surface area contributed by atoms with Gasteiger partial charge in [0.1, 0.15) is 0 Å². The zero-order valence-electron chi connectivity index (χ0n) is 12.7. The molecule has 1 N–H and O–H groups in total. The maximum absolute atomic E-state index is 12.8. The second-order valence-corrected chi connectivity index (χ2v) is 7.09. The van der Waals surface area contributed by atoms with E-state index in [0.29, 0.717) is 10.6 Å². The minimum absolute atomic E-state index is 0.0106. The molecule has 1 amide bonds. The SMILES string of the molecule is CC(C(=O)c1ccc2c(c1)C(C)C(=O)N2)c1ccc(Br)cc1Cl. The second-order valence-electron chi connectivity index (χ2n) is 5.76. The van der Waals surface area contributed by atoms with Gasteiger partial charge in [-0.2, -0.15) is 0 Å². The average molecular weight is 393 g/mol. The number of fused-ring (bicyclic) bond motifs is 1. The van der Waals surface area contributed by atoms with Gasteiger partial charge in [-0.25, -0.2) is 0 Å². The second kappa shape index (κ2) is 6.10. The molecule has 2 aromatic rings. The number of hydrogen-bond donors (Lipinski definition) is 1. The number of Topliss-reactive ketones (excluding diaryl/α,β-unsaturated/α-hetero) is 1. The Morgan fingerprint density at radius 3 is 2.70 bits per heavy atom. The van der Waals surface area contributed by atoms with E-state index in [-0.39, 0.29) is 23.5 Å². The van der Waals surface area contributed by atoms with Crippen LogP contribution in [0, 0.1) is 0 Å². The summed E-state index contributed by atoms with van der Waals surface area (Å²) < 4.78 is 0.877. The van der Waals surface area contributed by atoms with Gasteiger partial charge in [0.05, 0.1) is 5.92 Å². The third-order valence-corrected chi connectivity index (χ3v) is 5.10. The number of anilines is 1. The van der Waals surface area contributed by atoms with Gasteiger partial charge in [0.2, 0.25) is 5.91 Å². The van der Waals surface area contributed by atoms with Crippen LogP contribution in [-0.2, 0) is 4.79 Å². The van der Waals surface area contributed by atoms with Crippen molar-refractivity contribution < 1.29 is 9.59 Å². The molecule has 2 aromatic carbocycles. The van der Waals surface area contributed by atoms with E-state index in [2.05, 4.69) is 21.2 Å². The Morgan fingerprint density at radius 2 is 2.00 bits per heavy atom. The van der Waals surface area contributed by atoms with Gasteiger partial charge in [-0.1, -0.05) is 40.5 Å². The van der Waals surface area contributed by atoms with Gasteiger partial charge in [-0.3, -0.25) is 9.59 Å². The van der Waals surface area contributed by atoms with E-state index in [4.69, 9.17) is 11.6 Å². The molecule has 3 rings (SSSR count). The molecule has 0 aromatic heterocycles. The number of halogens is 2. The number of hydrogen-bond acceptors (Lipinski definition) is 2. The van der Waals surface area contributed by atoms with Crippen molar-refractivity contribution >= 4 is 44.9 Å². The maximum Gasteiger partial charge on any atom is 0.231 e. The van der Waals surface area contributed by atoms with Crippen molar-refractivity contribution in [3.05, 3.63) is 62.6 Å². The number of amides is 1. The molecular formula is C18H15BrClNO2. The van der Waals surface area contributed by atoms with E-state index in [0.717, 1.165) is 21.3 Å². The van der Waals surface area contributed by atoms with Crippen molar-refractivity contribution in [2.75, 3.05) is 5.32 Å². The first-order valence-corrected chi connectivity index (χ1v) is 8.49. The van der Waals surface area contributed by atoms with Gasteiger partial charge in [0, 0.05) is 26.7 Å². The molecule has 0 bridgehead atoms. The fraction of sp³-hybridized carbons (Fsp3) is 0.222. The third kappa shape index (κ3) is 2.93. The number of benzene rings is 2. The highest BCUT2D eigenvalue weighted by Gasteiger charge is 2.28.